The van der Waals surface area contributed by atoms with E-state index in [9.17, 15) is 9.59 Å². The number of allylic oxidation sites excluding steroid dienone is 2. The smallest absolute Gasteiger partial charge is 0.238 e. The third-order valence-corrected chi connectivity index (χ3v) is 5.26. The highest BCUT2D eigenvalue weighted by Gasteiger charge is 2.63. The van der Waals surface area contributed by atoms with E-state index in [2.05, 4.69) is 19.1 Å². The second-order valence-electron chi connectivity index (χ2n) is 6.01. The van der Waals surface area contributed by atoms with Crippen LogP contribution in [0.25, 0.3) is 0 Å². The molecule has 0 spiro atoms. The van der Waals surface area contributed by atoms with Crippen molar-refractivity contribution in [3.05, 3.63) is 42.5 Å². The topological polar surface area (TPSA) is 37.4 Å². The number of para-hydroxylation sites is 1. The number of hydrogen-bond donors (Lipinski definition) is 0. The third kappa shape index (κ3) is 1.30. The number of hydrogen-bond acceptors (Lipinski definition) is 2. The van der Waals surface area contributed by atoms with Gasteiger partial charge in [-0.15, -0.1) is 0 Å². The van der Waals surface area contributed by atoms with Crippen molar-refractivity contribution in [2.45, 2.75) is 13.3 Å². The molecule has 1 unspecified atom stereocenters. The summed E-state index contributed by atoms with van der Waals surface area (Å²) in [7, 11) is 0. The van der Waals surface area contributed by atoms with Gasteiger partial charge >= 0.3 is 0 Å². The van der Waals surface area contributed by atoms with Gasteiger partial charge in [0.2, 0.25) is 11.8 Å². The number of anilines is 1. The largest absolute Gasteiger partial charge is 0.274 e. The molecular weight excluding hydrogens is 250 g/mol. The molecule has 2 aliphatic carbocycles. The maximum absolute atomic E-state index is 12.7. The standard InChI is InChI=1S/C17H17NO2/c1-2-11-12-8-9-13(11)15-14(12)16(19)18(17(15)20)10-6-4-3-5-7-10/h3-9,11-15H,2H2,1H3/t11?,12-,13+,14-,15+. The molecule has 1 saturated carbocycles. The monoisotopic (exact) mass is 267 g/mol. The maximum atomic E-state index is 12.7. The Kier molecular flexibility index (Phi) is 2.40. The minimum absolute atomic E-state index is 0.00139. The van der Waals surface area contributed by atoms with Gasteiger partial charge in [0.05, 0.1) is 17.5 Å². The molecule has 3 nitrogen and oxygen atoms in total. The lowest BCUT2D eigenvalue weighted by Crippen LogP contribution is -2.34. The van der Waals surface area contributed by atoms with Crippen LogP contribution in [0.1, 0.15) is 13.3 Å². The second-order valence-corrected chi connectivity index (χ2v) is 6.01. The highest BCUT2D eigenvalue weighted by molar-refractivity contribution is 6.22. The summed E-state index contributed by atoms with van der Waals surface area (Å²) in [5, 5.41) is 0. The molecule has 0 aromatic heterocycles. The van der Waals surface area contributed by atoms with E-state index in [1.165, 1.54) is 4.90 Å². The highest BCUT2D eigenvalue weighted by atomic mass is 16.2. The minimum Gasteiger partial charge on any atom is -0.274 e. The molecule has 0 radical (unpaired) electrons. The summed E-state index contributed by atoms with van der Waals surface area (Å²) in [6.45, 7) is 2.16. The summed E-state index contributed by atoms with van der Waals surface area (Å²) in [5.74, 6) is 0.768. The minimum atomic E-state index is -0.123. The lowest BCUT2D eigenvalue weighted by molar-refractivity contribution is -0.123. The van der Waals surface area contributed by atoms with E-state index >= 15 is 0 Å². The van der Waals surface area contributed by atoms with E-state index in [4.69, 9.17) is 0 Å². The number of amides is 2. The Balaban J connectivity index is 1.74. The van der Waals surface area contributed by atoms with E-state index in [-0.39, 0.29) is 35.5 Å². The van der Waals surface area contributed by atoms with Gasteiger partial charge < -0.3 is 0 Å². The summed E-state index contributed by atoms with van der Waals surface area (Å²) < 4.78 is 0. The van der Waals surface area contributed by atoms with Crippen molar-refractivity contribution in [2.24, 2.45) is 29.6 Å². The van der Waals surface area contributed by atoms with Crippen molar-refractivity contribution in [2.75, 3.05) is 4.90 Å². The van der Waals surface area contributed by atoms with Gasteiger partial charge in [0.1, 0.15) is 0 Å². The number of benzene rings is 1. The van der Waals surface area contributed by atoms with Crippen LogP contribution in [0.5, 0.6) is 0 Å². The molecule has 0 N–H and O–H groups in total. The molecule has 5 atom stereocenters. The Morgan fingerprint density at radius 3 is 2.00 bits per heavy atom. The average molecular weight is 267 g/mol. The predicted molar refractivity (Wildman–Crippen MR) is 75.8 cm³/mol. The van der Waals surface area contributed by atoms with Gasteiger partial charge in [-0.25, -0.2) is 0 Å². The summed E-state index contributed by atoms with van der Waals surface area (Å²) in [5.41, 5.74) is 0.712. The number of imide groups is 1. The molecule has 102 valence electrons. The summed E-state index contributed by atoms with van der Waals surface area (Å²) in [6, 6.07) is 9.30. The van der Waals surface area contributed by atoms with Crippen molar-refractivity contribution < 1.29 is 9.59 Å². The molecular formula is C17H17NO2. The number of rotatable bonds is 2. The fraction of sp³-hybridized carbons (Fsp3) is 0.412. The Labute approximate surface area is 118 Å². The van der Waals surface area contributed by atoms with E-state index in [1.807, 2.05) is 30.3 Å². The first-order chi connectivity index (χ1) is 9.74. The van der Waals surface area contributed by atoms with Crippen molar-refractivity contribution in [3.63, 3.8) is 0 Å². The first-order valence-corrected chi connectivity index (χ1v) is 7.35. The van der Waals surface area contributed by atoms with Gasteiger partial charge in [0.15, 0.2) is 0 Å². The molecule has 1 saturated heterocycles. The zero-order valence-corrected chi connectivity index (χ0v) is 11.4. The van der Waals surface area contributed by atoms with Gasteiger partial charge in [-0.1, -0.05) is 43.7 Å². The molecule has 1 aliphatic heterocycles. The molecule has 2 amide bonds. The van der Waals surface area contributed by atoms with Crippen LogP contribution in [-0.4, -0.2) is 11.8 Å². The molecule has 2 bridgehead atoms. The number of carbonyl (C=O) groups excluding carboxylic acids is 2. The molecule has 1 heterocycles. The molecule has 3 aliphatic rings. The third-order valence-electron chi connectivity index (χ3n) is 5.26. The van der Waals surface area contributed by atoms with E-state index < -0.39 is 0 Å². The molecule has 2 fully saturated rings. The predicted octanol–water partition coefficient (Wildman–Crippen LogP) is 2.63. The quantitative estimate of drug-likeness (QED) is 0.610. The fourth-order valence-electron chi connectivity index (χ4n) is 4.47. The van der Waals surface area contributed by atoms with Gasteiger partial charge in [-0.3, -0.25) is 14.5 Å². The molecule has 4 rings (SSSR count). The summed E-state index contributed by atoms with van der Waals surface area (Å²) in [6.07, 6.45) is 5.38. The van der Waals surface area contributed by atoms with Crippen LogP contribution in [0.2, 0.25) is 0 Å². The average Bonchev–Trinajstić information content (AvgIpc) is 3.09. The molecule has 3 heteroatoms. The molecule has 20 heavy (non-hydrogen) atoms. The Bertz CT molecular complexity index is 575. The van der Waals surface area contributed by atoms with E-state index in [0.29, 0.717) is 11.6 Å². The normalized spacial score (nSPS) is 37.9. The maximum Gasteiger partial charge on any atom is 0.238 e. The van der Waals surface area contributed by atoms with Crippen LogP contribution in [0.15, 0.2) is 42.5 Å². The van der Waals surface area contributed by atoms with Gasteiger partial charge in [-0.05, 0) is 29.9 Å². The first-order valence-electron chi connectivity index (χ1n) is 7.35. The summed E-state index contributed by atoms with van der Waals surface area (Å²) in [4.78, 5) is 26.9. The fourth-order valence-corrected chi connectivity index (χ4v) is 4.47. The Hall–Kier alpha value is -1.90. The Morgan fingerprint density at radius 1 is 0.950 bits per heavy atom. The van der Waals surface area contributed by atoms with Crippen molar-refractivity contribution >= 4 is 17.5 Å². The zero-order chi connectivity index (χ0) is 13.9. The summed E-state index contributed by atoms with van der Waals surface area (Å²) >= 11 is 0. The SMILES string of the molecule is CCC1[C@H]2C=C[C@@H]1[C@@H]1C(=O)N(c3ccccc3)C(=O)[C@@H]12. The van der Waals surface area contributed by atoms with Crippen LogP contribution in [0, 0.1) is 29.6 Å². The lowest BCUT2D eigenvalue weighted by Gasteiger charge is -2.21. The highest BCUT2D eigenvalue weighted by Crippen LogP contribution is 2.57. The van der Waals surface area contributed by atoms with Crippen molar-refractivity contribution in [1.29, 1.82) is 0 Å². The molecule has 1 aromatic rings. The lowest BCUT2D eigenvalue weighted by atomic mass is 9.85. The zero-order valence-electron chi connectivity index (χ0n) is 11.4. The van der Waals surface area contributed by atoms with Crippen molar-refractivity contribution in [3.8, 4) is 0 Å². The van der Waals surface area contributed by atoms with Gasteiger partial charge in [-0.2, -0.15) is 0 Å². The van der Waals surface area contributed by atoms with Crippen LogP contribution in [0.4, 0.5) is 5.69 Å². The van der Waals surface area contributed by atoms with Crippen LogP contribution in [0.3, 0.4) is 0 Å². The van der Waals surface area contributed by atoms with Crippen molar-refractivity contribution in [1.82, 2.24) is 0 Å². The Morgan fingerprint density at radius 2 is 1.50 bits per heavy atom. The van der Waals surface area contributed by atoms with Gasteiger partial charge in [0, 0.05) is 0 Å². The molecule has 1 aromatic carbocycles. The number of carbonyl (C=O) groups is 2. The number of fused-ring (bicyclic) bond motifs is 5. The van der Waals surface area contributed by atoms with Gasteiger partial charge in [0.25, 0.3) is 0 Å². The van der Waals surface area contributed by atoms with Crippen LogP contribution < -0.4 is 4.90 Å². The second kappa shape index (κ2) is 4.05. The van der Waals surface area contributed by atoms with Crippen LogP contribution >= 0.6 is 0 Å². The number of nitrogens with zero attached hydrogens (tertiary/aromatic N) is 1. The van der Waals surface area contributed by atoms with Crippen LogP contribution in [-0.2, 0) is 9.59 Å². The first kappa shape index (κ1) is 11.9. The van der Waals surface area contributed by atoms with E-state index in [1.54, 1.807) is 0 Å². The van der Waals surface area contributed by atoms with E-state index in [0.717, 1.165) is 6.42 Å².